The van der Waals surface area contributed by atoms with Crippen molar-refractivity contribution < 1.29 is 8.81 Å². The minimum atomic E-state index is -0.323. The summed E-state index contributed by atoms with van der Waals surface area (Å²) in [5.74, 6) is 1.07. The van der Waals surface area contributed by atoms with Crippen molar-refractivity contribution in [1.29, 1.82) is 0 Å². The van der Waals surface area contributed by atoms with Crippen molar-refractivity contribution in [3.05, 3.63) is 77.5 Å². The Labute approximate surface area is 169 Å². The molecule has 6 heteroatoms. The average molecular weight is 396 g/mol. The number of nitrogens with zero attached hydrogens (tertiary/aromatic N) is 3. The molecule has 0 bridgehead atoms. The summed E-state index contributed by atoms with van der Waals surface area (Å²) in [6, 6.07) is 10.4. The molecule has 4 rings (SSSR count). The molecule has 3 aromatic heterocycles. The monoisotopic (exact) mass is 395 g/mol. The lowest BCUT2D eigenvalue weighted by Gasteiger charge is -2.08. The Balaban J connectivity index is 0.000000706. The van der Waals surface area contributed by atoms with Crippen molar-refractivity contribution >= 4 is 35.9 Å². The number of thiol groups is 1. The molecule has 0 aliphatic carbocycles. The Morgan fingerprint density at radius 2 is 1.96 bits per heavy atom. The Hall–Kier alpha value is -2.86. The molecule has 144 valence electrons. The van der Waals surface area contributed by atoms with Gasteiger partial charge in [-0.2, -0.15) is 12.6 Å². The zero-order chi connectivity index (χ0) is 20.1. The first-order chi connectivity index (χ1) is 13.5. The minimum Gasteiger partial charge on any atom is -0.437 e. The van der Waals surface area contributed by atoms with Crippen molar-refractivity contribution in [3.63, 3.8) is 0 Å². The van der Waals surface area contributed by atoms with E-state index in [1.165, 1.54) is 12.1 Å². The molecule has 0 saturated carbocycles. The molecule has 1 aromatic carbocycles. The van der Waals surface area contributed by atoms with Crippen molar-refractivity contribution in [2.75, 3.05) is 5.75 Å². The second-order valence-corrected chi connectivity index (χ2v) is 6.82. The Kier molecular flexibility index (Phi) is 6.31. The van der Waals surface area contributed by atoms with Gasteiger partial charge in [0.1, 0.15) is 11.3 Å². The van der Waals surface area contributed by atoms with Crippen molar-refractivity contribution in [3.8, 4) is 5.69 Å². The number of benzene rings is 1. The van der Waals surface area contributed by atoms with Crippen LogP contribution in [0.15, 0.2) is 53.2 Å². The Bertz CT molecular complexity index is 1100. The molecule has 0 amide bonds. The van der Waals surface area contributed by atoms with Crippen LogP contribution in [0.4, 0.5) is 4.39 Å². The van der Waals surface area contributed by atoms with E-state index in [4.69, 9.17) is 4.42 Å². The van der Waals surface area contributed by atoms with Crippen LogP contribution >= 0.6 is 12.6 Å². The number of aryl methyl sites for hydroxylation is 1. The summed E-state index contributed by atoms with van der Waals surface area (Å²) in [6.45, 7) is 6.10. The first-order valence-electron chi connectivity index (χ1n) is 8.98. The standard InChI is InChI=1S/C20H16FN3O.C2H6S/c1-13-10-15(14(2)24(13)17-4-3-9-22-12-17)5-8-20-23-18-11-16(21)6-7-19(18)25-20;1-2-3/h3-12H,1-2H3;3H,2H2,1H3. The summed E-state index contributed by atoms with van der Waals surface area (Å²) in [7, 11) is 0. The lowest BCUT2D eigenvalue weighted by atomic mass is 10.2. The van der Waals surface area contributed by atoms with E-state index in [0.717, 1.165) is 28.4 Å². The van der Waals surface area contributed by atoms with E-state index in [1.807, 2.05) is 31.3 Å². The number of aromatic nitrogens is 3. The van der Waals surface area contributed by atoms with E-state index in [9.17, 15) is 4.39 Å². The van der Waals surface area contributed by atoms with E-state index >= 15 is 0 Å². The highest BCUT2D eigenvalue weighted by Crippen LogP contribution is 2.23. The van der Waals surface area contributed by atoms with Gasteiger partial charge >= 0.3 is 0 Å². The van der Waals surface area contributed by atoms with E-state index in [2.05, 4.69) is 47.1 Å². The molecule has 0 N–H and O–H groups in total. The number of fused-ring (bicyclic) bond motifs is 1. The van der Waals surface area contributed by atoms with Gasteiger partial charge in [0.05, 0.1) is 11.9 Å². The van der Waals surface area contributed by atoms with Gasteiger partial charge in [0.2, 0.25) is 5.89 Å². The SMILES string of the molecule is CCS.Cc1cc(C=Cc2nc3cc(F)ccc3o2)c(C)n1-c1cccnc1. The smallest absolute Gasteiger partial charge is 0.220 e. The number of rotatable bonds is 3. The third-order valence-corrected chi connectivity index (χ3v) is 4.15. The molecule has 0 radical (unpaired) electrons. The second kappa shape index (κ2) is 8.89. The van der Waals surface area contributed by atoms with Crippen LogP contribution in [-0.4, -0.2) is 20.3 Å². The first-order valence-corrected chi connectivity index (χ1v) is 9.61. The van der Waals surface area contributed by atoms with Crippen LogP contribution in [0.3, 0.4) is 0 Å². The Morgan fingerprint density at radius 1 is 1.18 bits per heavy atom. The van der Waals surface area contributed by atoms with Gasteiger partial charge < -0.3 is 8.98 Å². The molecule has 3 heterocycles. The number of pyridine rings is 1. The van der Waals surface area contributed by atoms with Gasteiger partial charge in [0.25, 0.3) is 0 Å². The molecule has 4 aromatic rings. The highest BCUT2D eigenvalue weighted by atomic mass is 32.1. The van der Waals surface area contributed by atoms with E-state index in [1.54, 1.807) is 18.3 Å². The molecule has 28 heavy (non-hydrogen) atoms. The number of halogens is 1. The first kappa shape index (κ1) is 19.9. The van der Waals surface area contributed by atoms with Crippen LogP contribution in [0.5, 0.6) is 0 Å². The number of hydrogen-bond donors (Lipinski definition) is 1. The topological polar surface area (TPSA) is 43.9 Å². The van der Waals surface area contributed by atoms with Gasteiger partial charge in [0, 0.05) is 29.7 Å². The molecule has 0 aliphatic rings. The van der Waals surface area contributed by atoms with Crippen LogP contribution < -0.4 is 0 Å². The zero-order valence-corrected chi connectivity index (χ0v) is 17.0. The van der Waals surface area contributed by atoms with Gasteiger partial charge in [0.15, 0.2) is 5.58 Å². The summed E-state index contributed by atoms with van der Waals surface area (Å²) < 4.78 is 21.0. The van der Waals surface area contributed by atoms with E-state index in [-0.39, 0.29) is 5.82 Å². The second-order valence-electron chi connectivity index (χ2n) is 6.19. The average Bonchev–Trinajstić information content (AvgIpc) is 3.20. The summed E-state index contributed by atoms with van der Waals surface area (Å²) in [6.07, 6.45) is 7.35. The summed E-state index contributed by atoms with van der Waals surface area (Å²) >= 11 is 3.79. The number of oxazole rings is 1. The summed E-state index contributed by atoms with van der Waals surface area (Å²) in [5.41, 5.74) is 5.39. The molecule has 0 aliphatic heterocycles. The third kappa shape index (κ3) is 4.34. The summed E-state index contributed by atoms with van der Waals surface area (Å²) in [4.78, 5) is 8.48. The lowest BCUT2D eigenvalue weighted by molar-refractivity contribution is 0.588. The predicted octanol–water partition coefficient (Wildman–Crippen LogP) is 5.88. The molecule has 0 fully saturated rings. The minimum absolute atomic E-state index is 0.323. The molecule has 0 unspecified atom stereocenters. The molecular weight excluding hydrogens is 373 g/mol. The maximum absolute atomic E-state index is 13.3. The van der Waals surface area contributed by atoms with Gasteiger partial charge in [-0.15, -0.1) is 0 Å². The molecule has 0 spiro atoms. The van der Waals surface area contributed by atoms with E-state index in [0.29, 0.717) is 17.0 Å². The maximum Gasteiger partial charge on any atom is 0.220 e. The molecule has 0 saturated heterocycles. The van der Waals surface area contributed by atoms with E-state index < -0.39 is 0 Å². The normalized spacial score (nSPS) is 11.0. The largest absolute Gasteiger partial charge is 0.437 e. The van der Waals surface area contributed by atoms with Crippen LogP contribution in [0.2, 0.25) is 0 Å². The highest BCUT2D eigenvalue weighted by Gasteiger charge is 2.09. The highest BCUT2D eigenvalue weighted by molar-refractivity contribution is 7.80. The maximum atomic E-state index is 13.3. The van der Waals surface area contributed by atoms with Crippen LogP contribution in [0, 0.1) is 19.7 Å². The van der Waals surface area contributed by atoms with Gasteiger partial charge in [-0.05, 0) is 61.6 Å². The zero-order valence-electron chi connectivity index (χ0n) is 16.1. The fraction of sp³-hybridized carbons (Fsp3) is 0.182. The molecule has 0 atom stereocenters. The van der Waals surface area contributed by atoms with Crippen LogP contribution in [-0.2, 0) is 0 Å². The third-order valence-electron chi connectivity index (χ3n) is 4.15. The summed E-state index contributed by atoms with van der Waals surface area (Å²) in [5, 5.41) is 0. The quantitative estimate of drug-likeness (QED) is 0.441. The van der Waals surface area contributed by atoms with Crippen molar-refractivity contribution in [1.82, 2.24) is 14.5 Å². The lowest BCUT2D eigenvalue weighted by Crippen LogP contribution is -1.99. The molecular formula is C22H22FN3OS. The van der Waals surface area contributed by atoms with Crippen molar-refractivity contribution in [2.24, 2.45) is 0 Å². The van der Waals surface area contributed by atoms with Crippen molar-refractivity contribution in [2.45, 2.75) is 20.8 Å². The van der Waals surface area contributed by atoms with Gasteiger partial charge in [-0.25, -0.2) is 9.37 Å². The fourth-order valence-electron chi connectivity index (χ4n) is 2.99. The number of hydrogen-bond acceptors (Lipinski definition) is 4. The fourth-order valence-corrected chi connectivity index (χ4v) is 2.99. The van der Waals surface area contributed by atoms with Crippen LogP contribution in [0.1, 0.15) is 29.8 Å². The van der Waals surface area contributed by atoms with Gasteiger partial charge in [-0.3, -0.25) is 4.98 Å². The molecule has 4 nitrogen and oxygen atoms in total. The van der Waals surface area contributed by atoms with Gasteiger partial charge in [-0.1, -0.05) is 6.92 Å². The van der Waals surface area contributed by atoms with Crippen LogP contribution in [0.25, 0.3) is 28.9 Å². The predicted molar refractivity (Wildman–Crippen MR) is 115 cm³/mol. The Morgan fingerprint density at radius 3 is 2.68 bits per heavy atom.